The quantitative estimate of drug-likeness (QED) is 0.521. The molecule has 1 N–H and O–H groups in total. The number of carbonyl (C=O) groups excluding carboxylic acids is 1. The lowest BCUT2D eigenvalue weighted by Crippen LogP contribution is -2.23. The zero-order valence-electron chi connectivity index (χ0n) is 16.4. The van der Waals surface area contributed by atoms with E-state index in [-0.39, 0.29) is 12.5 Å². The van der Waals surface area contributed by atoms with E-state index in [4.69, 9.17) is 4.42 Å². The zero-order chi connectivity index (χ0) is 20.2. The highest BCUT2D eigenvalue weighted by molar-refractivity contribution is 5.92. The van der Waals surface area contributed by atoms with Crippen LogP contribution in [0.25, 0.3) is 22.4 Å². The first-order chi connectivity index (χ1) is 14.1. The van der Waals surface area contributed by atoms with Crippen LogP contribution >= 0.6 is 0 Å². The normalized spacial score (nSPS) is 11.1. The van der Waals surface area contributed by atoms with Crippen molar-refractivity contribution in [3.05, 3.63) is 59.9 Å². The number of carbonyl (C=O) groups is 1. The molecule has 0 fully saturated rings. The van der Waals surface area contributed by atoms with Crippen LogP contribution in [-0.4, -0.2) is 30.9 Å². The maximum absolute atomic E-state index is 12.2. The number of amides is 1. The van der Waals surface area contributed by atoms with Crippen molar-refractivity contribution in [1.82, 2.24) is 30.3 Å². The van der Waals surface area contributed by atoms with Crippen molar-refractivity contribution in [2.45, 2.75) is 39.8 Å². The highest BCUT2D eigenvalue weighted by atomic mass is 16.4. The van der Waals surface area contributed by atoms with Crippen LogP contribution in [0.4, 0.5) is 0 Å². The Kier molecular flexibility index (Phi) is 5.33. The van der Waals surface area contributed by atoms with Gasteiger partial charge in [-0.1, -0.05) is 24.3 Å². The summed E-state index contributed by atoms with van der Waals surface area (Å²) in [6.45, 7) is 5.00. The average Bonchev–Trinajstić information content (AvgIpc) is 3.36. The smallest absolute Gasteiger partial charge is 0.266 e. The summed E-state index contributed by atoms with van der Waals surface area (Å²) in [5.74, 6) is 0.614. The largest absolute Gasteiger partial charge is 0.417 e. The molecule has 8 nitrogen and oxygen atoms in total. The number of rotatable bonds is 7. The monoisotopic (exact) mass is 390 g/mol. The van der Waals surface area contributed by atoms with Crippen molar-refractivity contribution in [3.63, 3.8) is 0 Å². The molecule has 3 heterocycles. The fraction of sp³-hybridized carbons (Fsp3) is 0.286. The van der Waals surface area contributed by atoms with Gasteiger partial charge in [0, 0.05) is 30.7 Å². The molecule has 0 radical (unpaired) electrons. The van der Waals surface area contributed by atoms with Gasteiger partial charge in [-0.3, -0.25) is 14.5 Å². The van der Waals surface area contributed by atoms with E-state index in [1.54, 1.807) is 6.20 Å². The molecule has 148 valence electrons. The summed E-state index contributed by atoms with van der Waals surface area (Å²) in [6, 6.07) is 9.81. The molecule has 0 spiro atoms. The third kappa shape index (κ3) is 4.16. The Labute approximate surface area is 168 Å². The number of benzene rings is 1. The molecule has 0 saturated carbocycles. The van der Waals surface area contributed by atoms with Crippen LogP contribution in [0.15, 0.2) is 47.1 Å². The number of fused-ring (bicyclic) bond motifs is 1. The van der Waals surface area contributed by atoms with Crippen LogP contribution in [0.3, 0.4) is 0 Å². The van der Waals surface area contributed by atoms with Gasteiger partial charge in [0.2, 0.25) is 11.8 Å². The number of nitrogens with one attached hydrogen (secondary N) is 1. The van der Waals surface area contributed by atoms with Crippen LogP contribution in [-0.2, 0) is 24.3 Å². The number of hydrogen-bond acceptors (Lipinski definition) is 6. The van der Waals surface area contributed by atoms with E-state index in [0.717, 1.165) is 28.6 Å². The minimum Gasteiger partial charge on any atom is -0.417 e. The Bertz CT molecular complexity index is 1140. The second kappa shape index (κ2) is 8.22. The molecule has 0 aliphatic rings. The summed E-state index contributed by atoms with van der Waals surface area (Å²) < 4.78 is 7.59. The number of hydrogen-bond donors (Lipinski definition) is 1. The van der Waals surface area contributed by atoms with Crippen LogP contribution in [0.5, 0.6) is 0 Å². The Morgan fingerprint density at radius 1 is 1.21 bits per heavy atom. The van der Waals surface area contributed by atoms with E-state index < -0.39 is 0 Å². The van der Waals surface area contributed by atoms with Gasteiger partial charge in [0.1, 0.15) is 5.69 Å². The first-order valence-corrected chi connectivity index (χ1v) is 9.60. The van der Waals surface area contributed by atoms with Crippen molar-refractivity contribution in [2.24, 2.45) is 0 Å². The third-order valence-electron chi connectivity index (χ3n) is 4.77. The predicted octanol–water partition coefficient (Wildman–Crippen LogP) is 3.06. The predicted molar refractivity (Wildman–Crippen MR) is 108 cm³/mol. The van der Waals surface area contributed by atoms with Gasteiger partial charge in [0.25, 0.3) is 5.89 Å². The molecule has 1 aromatic carbocycles. The molecule has 1 amide bonds. The van der Waals surface area contributed by atoms with Crippen LogP contribution in [0, 0.1) is 6.92 Å². The van der Waals surface area contributed by atoms with Gasteiger partial charge in [-0.05, 0) is 37.3 Å². The van der Waals surface area contributed by atoms with Gasteiger partial charge in [0.15, 0.2) is 0 Å². The van der Waals surface area contributed by atoms with Crippen LogP contribution in [0.1, 0.15) is 30.5 Å². The molecule has 0 aliphatic heterocycles. The van der Waals surface area contributed by atoms with Crippen molar-refractivity contribution < 1.29 is 9.21 Å². The third-order valence-corrected chi connectivity index (χ3v) is 4.77. The van der Waals surface area contributed by atoms with Crippen molar-refractivity contribution in [2.75, 3.05) is 0 Å². The average molecular weight is 390 g/mol. The second-order valence-electron chi connectivity index (χ2n) is 6.75. The molecule has 3 aromatic heterocycles. The maximum Gasteiger partial charge on any atom is 0.266 e. The first kappa shape index (κ1) is 18.8. The van der Waals surface area contributed by atoms with Crippen molar-refractivity contribution in [3.8, 4) is 11.6 Å². The summed E-state index contributed by atoms with van der Waals surface area (Å²) in [6.07, 6.45) is 4.73. The Hall–Kier alpha value is -3.55. The molecule has 4 aromatic rings. The summed E-state index contributed by atoms with van der Waals surface area (Å²) >= 11 is 0. The number of nitrogens with zero attached hydrogens (tertiary/aromatic N) is 5. The summed E-state index contributed by atoms with van der Waals surface area (Å²) in [5.41, 5.74) is 2.68. The van der Waals surface area contributed by atoms with Crippen molar-refractivity contribution >= 4 is 16.7 Å². The molecular weight excluding hydrogens is 368 g/mol. The summed E-state index contributed by atoms with van der Waals surface area (Å²) in [4.78, 5) is 16.6. The molecule has 0 saturated heterocycles. The molecular formula is C21H22N6O2. The number of aryl methyl sites for hydroxylation is 3. The van der Waals surface area contributed by atoms with E-state index in [1.165, 1.54) is 0 Å². The fourth-order valence-electron chi connectivity index (χ4n) is 3.19. The minimum atomic E-state index is -0.0725. The van der Waals surface area contributed by atoms with E-state index in [2.05, 4.69) is 25.6 Å². The lowest BCUT2D eigenvalue weighted by molar-refractivity contribution is -0.121. The molecule has 0 unspecified atom stereocenters. The van der Waals surface area contributed by atoms with Crippen LogP contribution in [0.2, 0.25) is 0 Å². The second-order valence-corrected chi connectivity index (χ2v) is 6.75. The maximum atomic E-state index is 12.2. The Morgan fingerprint density at radius 3 is 2.90 bits per heavy atom. The number of aromatic nitrogens is 5. The molecule has 0 aliphatic carbocycles. The Balaban J connectivity index is 1.37. The van der Waals surface area contributed by atoms with Gasteiger partial charge in [0.05, 0.1) is 12.2 Å². The first-order valence-electron chi connectivity index (χ1n) is 9.60. The SMILES string of the molecule is CCn1cc(CCC(=O)NCc2nnc(-c3nccc4ccccc34)o2)c(C)n1. The molecule has 4 rings (SSSR count). The van der Waals surface area contributed by atoms with Crippen LogP contribution < -0.4 is 5.32 Å². The minimum absolute atomic E-state index is 0.0725. The van der Waals surface area contributed by atoms with Gasteiger partial charge in [-0.2, -0.15) is 5.10 Å². The van der Waals surface area contributed by atoms with E-state index >= 15 is 0 Å². The van der Waals surface area contributed by atoms with Crippen molar-refractivity contribution in [1.29, 1.82) is 0 Å². The molecule has 8 heteroatoms. The molecule has 0 bridgehead atoms. The standard InChI is InChI=1S/C21H22N6O2/c1-3-27-13-16(14(2)26-27)8-9-18(28)23-12-19-24-25-21(29-19)20-17-7-5-4-6-15(17)10-11-22-20/h4-7,10-11,13H,3,8-9,12H2,1-2H3,(H,23,28). The van der Waals surface area contributed by atoms with E-state index in [9.17, 15) is 4.79 Å². The lowest BCUT2D eigenvalue weighted by Gasteiger charge is -2.02. The highest BCUT2D eigenvalue weighted by Crippen LogP contribution is 2.25. The summed E-state index contributed by atoms with van der Waals surface area (Å²) in [7, 11) is 0. The molecule has 29 heavy (non-hydrogen) atoms. The zero-order valence-corrected chi connectivity index (χ0v) is 16.4. The van der Waals surface area contributed by atoms with Gasteiger partial charge in [-0.15, -0.1) is 10.2 Å². The van der Waals surface area contributed by atoms with E-state index in [0.29, 0.717) is 30.3 Å². The molecule has 0 atom stereocenters. The van der Waals surface area contributed by atoms with Gasteiger partial charge in [-0.25, -0.2) is 0 Å². The topological polar surface area (TPSA) is 98.7 Å². The highest BCUT2D eigenvalue weighted by Gasteiger charge is 2.14. The van der Waals surface area contributed by atoms with Gasteiger partial charge >= 0.3 is 0 Å². The number of pyridine rings is 1. The summed E-state index contributed by atoms with van der Waals surface area (Å²) in [5, 5.41) is 17.3. The Morgan fingerprint density at radius 2 is 2.07 bits per heavy atom. The fourth-order valence-corrected chi connectivity index (χ4v) is 3.19. The van der Waals surface area contributed by atoms with Gasteiger partial charge < -0.3 is 9.73 Å². The van der Waals surface area contributed by atoms with E-state index in [1.807, 2.05) is 55.1 Å². The lowest BCUT2D eigenvalue weighted by atomic mass is 10.1.